The predicted molar refractivity (Wildman–Crippen MR) is 106 cm³/mol. The van der Waals surface area contributed by atoms with Crippen LogP contribution >= 0.6 is 0 Å². The first-order valence-electron chi connectivity index (χ1n) is 8.38. The summed E-state index contributed by atoms with van der Waals surface area (Å²) in [6, 6.07) is 16.7. The Labute approximate surface area is 174 Å². The molecule has 4 N–H and O–H groups in total. The number of nitrogens with one attached hydrogen (secondary N) is 2. The Morgan fingerprint density at radius 2 is 1.39 bits per heavy atom. The monoisotopic (exact) mass is 421 g/mol. The number of carboxylic acids is 1. The normalized spacial score (nSPS) is 11.1. The van der Waals surface area contributed by atoms with Gasteiger partial charge in [-0.15, -0.1) is 0 Å². The molecule has 1 amide bonds. The maximum atomic E-state index is 11.5. The zero-order chi connectivity index (χ0) is 19.5. The standard InChI is InChI=1S/C16H16N2O4.C5H5.Fe/c19-14(9-10-15(20)21)17-12-5-7-13(8-6-12)18-16(22)11-3-1-2-4-11;1-2-4-5-3-1;/h1-8,18,22H,9-10H2,(H,17,19)(H,20,21);1-5H;/q;-1;. The molecule has 0 heterocycles. The van der Waals surface area contributed by atoms with E-state index in [0.29, 0.717) is 16.9 Å². The Kier molecular flexibility index (Phi) is 10.0. The van der Waals surface area contributed by atoms with Crippen LogP contribution in [-0.2, 0) is 26.7 Å². The van der Waals surface area contributed by atoms with Crippen molar-refractivity contribution in [3.63, 3.8) is 0 Å². The number of hydrogen-bond donors (Lipinski definition) is 4. The number of allylic oxidation sites excluding steroid dienone is 5. The second-order valence-corrected chi connectivity index (χ2v) is 5.63. The topological polar surface area (TPSA) is 98.7 Å². The van der Waals surface area contributed by atoms with Crippen LogP contribution in [-0.4, -0.2) is 22.1 Å². The van der Waals surface area contributed by atoms with E-state index in [1.165, 1.54) is 0 Å². The molecule has 7 heteroatoms. The molecule has 0 saturated carbocycles. The summed E-state index contributed by atoms with van der Waals surface area (Å²) >= 11 is 0. The van der Waals surface area contributed by atoms with Crippen molar-refractivity contribution in [3.8, 4) is 0 Å². The average Bonchev–Trinajstić information content (AvgIpc) is 3.37. The van der Waals surface area contributed by atoms with Gasteiger partial charge in [-0.1, -0.05) is 12.2 Å². The molecule has 28 heavy (non-hydrogen) atoms. The van der Waals surface area contributed by atoms with Crippen molar-refractivity contribution in [2.75, 3.05) is 10.6 Å². The molecule has 6 nitrogen and oxygen atoms in total. The number of hydrogen-bond acceptors (Lipinski definition) is 4. The summed E-state index contributed by atoms with van der Waals surface area (Å²) < 4.78 is 0. The summed E-state index contributed by atoms with van der Waals surface area (Å²) in [5, 5.41) is 23.8. The van der Waals surface area contributed by atoms with E-state index in [1.807, 2.05) is 42.5 Å². The van der Waals surface area contributed by atoms with Crippen LogP contribution in [0.1, 0.15) is 12.8 Å². The number of carboxylic acid groups (broad SMARTS) is 1. The van der Waals surface area contributed by atoms with Gasteiger partial charge in [0.1, 0.15) is 0 Å². The number of amides is 1. The Balaban J connectivity index is 0.000000567. The SMILES string of the molecule is O=C(O)CCC(=O)Nc1ccc(NC(O)=C2C=CC=C2)cc1.[Fe].c1cc[cH-]c1. The summed E-state index contributed by atoms with van der Waals surface area (Å²) in [5.41, 5.74) is 1.92. The smallest absolute Gasteiger partial charge is 0.303 e. The predicted octanol–water partition coefficient (Wildman–Crippen LogP) is 4.20. The third-order valence-electron chi connectivity index (χ3n) is 3.49. The van der Waals surface area contributed by atoms with Crippen molar-refractivity contribution in [1.82, 2.24) is 0 Å². The summed E-state index contributed by atoms with van der Waals surface area (Å²) in [5.74, 6) is -1.31. The Hall–Kier alpha value is -3.15. The van der Waals surface area contributed by atoms with Crippen LogP contribution in [0.2, 0.25) is 0 Å². The molecule has 0 atom stereocenters. The van der Waals surface area contributed by atoms with Crippen LogP contribution in [0.25, 0.3) is 0 Å². The molecule has 1 aliphatic carbocycles. The van der Waals surface area contributed by atoms with Gasteiger partial charge in [-0.2, -0.15) is 18.2 Å². The molecule has 0 unspecified atom stereocenters. The molecule has 3 rings (SSSR count). The van der Waals surface area contributed by atoms with E-state index in [4.69, 9.17) is 5.11 Å². The Morgan fingerprint density at radius 1 is 0.857 bits per heavy atom. The van der Waals surface area contributed by atoms with E-state index >= 15 is 0 Å². The van der Waals surface area contributed by atoms with Gasteiger partial charge in [-0.25, -0.2) is 12.1 Å². The molecule has 1 aliphatic rings. The van der Waals surface area contributed by atoms with Crippen LogP contribution in [0.15, 0.2) is 90.4 Å². The van der Waals surface area contributed by atoms with Crippen LogP contribution in [0.5, 0.6) is 0 Å². The van der Waals surface area contributed by atoms with Gasteiger partial charge in [-0.05, 0) is 36.4 Å². The maximum Gasteiger partial charge on any atom is 0.303 e. The van der Waals surface area contributed by atoms with Crippen LogP contribution in [0.3, 0.4) is 0 Å². The van der Waals surface area contributed by atoms with Crippen LogP contribution in [0.4, 0.5) is 11.4 Å². The van der Waals surface area contributed by atoms with Crippen molar-refractivity contribution in [2.45, 2.75) is 12.8 Å². The van der Waals surface area contributed by atoms with Gasteiger partial charge in [0.2, 0.25) is 5.91 Å². The largest absolute Gasteiger partial charge is 0.494 e. The van der Waals surface area contributed by atoms with Crippen molar-refractivity contribution >= 4 is 23.3 Å². The summed E-state index contributed by atoms with van der Waals surface area (Å²) in [6.45, 7) is 0. The second-order valence-electron chi connectivity index (χ2n) is 5.63. The van der Waals surface area contributed by atoms with Crippen molar-refractivity contribution < 1.29 is 36.9 Å². The minimum absolute atomic E-state index is 0. The fourth-order valence-corrected chi connectivity index (χ4v) is 2.14. The third kappa shape index (κ3) is 8.49. The first kappa shape index (κ1) is 22.9. The number of carbonyl (C=O) groups excluding carboxylic acids is 1. The first-order valence-corrected chi connectivity index (χ1v) is 8.38. The molecule has 2 aromatic rings. The summed E-state index contributed by atoms with van der Waals surface area (Å²) in [6.07, 6.45) is 6.93. The first-order chi connectivity index (χ1) is 13.0. The number of rotatable bonds is 6. The van der Waals surface area contributed by atoms with Crippen LogP contribution in [0, 0.1) is 0 Å². The Bertz CT molecular complexity index is 807. The van der Waals surface area contributed by atoms with Gasteiger partial charge in [0.15, 0.2) is 5.88 Å². The van der Waals surface area contributed by atoms with Gasteiger partial charge in [-0.3, -0.25) is 9.59 Å². The van der Waals surface area contributed by atoms with E-state index in [2.05, 4.69) is 10.6 Å². The molecule has 148 valence electrons. The van der Waals surface area contributed by atoms with Crippen molar-refractivity contribution in [1.29, 1.82) is 0 Å². The zero-order valence-corrected chi connectivity index (χ0v) is 16.1. The fourth-order valence-electron chi connectivity index (χ4n) is 2.14. The molecule has 0 fully saturated rings. The minimum Gasteiger partial charge on any atom is -0.494 e. The molecule has 2 aromatic carbocycles. The summed E-state index contributed by atoms with van der Waals surface area (Å²) in [4.78, 5) is 21.9. The number of anilines is 2. The van der Waals surface area contributed by atoms with E-state index in [0.717, 1.165) is 0 Å². The van der Waals surface area contributed by atoms with Gasteiger partial charge < -0.3 is 20.8 Å². The number of benzene rings is 1. The second kappa shape index (κ2) is 12.3. The van der Waals surface area contributed by atoms with E-state index < -0.39 is 5.97 Å². The van der Waals surface area contributed by atoms with Crippen molar-refractivity contribution in [3.05, 3.63) is 90.4 Å². The maximum absolute atomic E-state index is 11.5. The van der Waals surface area contributed by atoms with Gasteiger partial charge >= 0.3 is 5.97 Å². The fraction of sp³-hybridized carbons (Fsp3) is 0.0952. The molecule has 0 saturated heterocycles. The van der Waals surface area contributed by atoms with E-state index in [1.54, 1.807) is 36.4 Å². The molecular weight excluding hydrogens is 400 g/mol. The molecule has 0 spiro atoms. The average molecular weight is 421 g/mol. The minimum atomic E-state index is -1.01. The van der Waals surface area contributed by atoms with E-state index in [9.17, 15) is 14.7 Å². The van der Waals surface area contributed by atoms with Crippen molar-refractivity contribution in [2.24, 2.45) is 0 Å². The number of aliphatic hydroxyl groups is 1. The zero-order valence-electron chi connectivity index (χ0n) is 15.0. The molecule has 0 aromatic heterocycles. The molecule has 0 aliphatic heterocycles. The summed E-state index contributed by atoms with van der Waals surface area (Å²) in [7, 11) is 0. The number of aliphatic hydroxyl groups excluding tert-OH is 1. The van der Waals surface area contributed by atoms with E-state index in [-0.39, 0.29) is 41.7 Å². The van der Waals surface area contributed by atoms with Crippen LogP contribution < -0.4 is 10.6 Å². The van der Waals surface area contributed by atoms with Gasteiger partial charge in [0.05, 0.1) is 6.42 Å². The third-order valence-corrected chi connectivity index (χ3v) is 3.49. The molecular formula is C21H21FeN2O4-. The Morgan fingerprint density at radius 3 is 1.86 bits per heavy atom. The number of aliphatic carboxylic acids is 1. The number of carbonyl (C=O) groups is 2. The quantitative estimate of drug-likeness (QED) is 0.318. The molecule has 0 bridgehead atoms. The van der Waals surface area contributed by atoms with Gasteiger partial charge in [0.25, 0.3) is 0 Å². The molecule has 0 radical (unpaired) electrons. The van der Waals surface area contributed by atoms with Gasteiger partial charge in [0, 0.05) is 40.4 Å².